The predicted molar refractivity (Wildman–Crippen MR) is 110 cm³/mol. The van der Waals surface area contributed by atoms with Crippen LogP contribution in [0, 0.1) is 0 Å². The monoisotopic (exact) mass is 328 g/mol. The van der Waals surface area contributed by atoms with Crippen molar-refractivity contribution in [2.24, 2.45) is 9.98 Å². The highest BCUT2D eigenvalue weighted by atomic mass is 14.9. The van der Waals surface area contributed by atoms with E-state index in [1.807, 2.05) is 86.7 Å². The summed E-state index contributed by atoms with van der Waals surface area (Å²) in [5, 5.41) is 0. The Labute approximate surface area is 150 Å². The van der Waals surface area contributed by atoms with Crippen LogP contribution in [0.1, 0.15) is 25.0 Å². The van der Waals surface area contributed by atoms with Gasteiger partial charge in [0.2, 0.25) is 0 Å². The van der Waals surface area contributed by atoms with Crippen molar-refractivity contribution in [1.29, 1.82) is 0 Å². The molecule has 0 heterocycles. The molecule has 0 aliphatic carbocycles. The number of benzene rings is 2. The number of hydrogen-bond donors (Lipinski definition) is 0. The molecule has 2 rings (SSSR count). The van der Waals surface area contributed by atoms with E-state index in [0.717, 1.165) is 28.2 Å². The van der Waals surface area contributed by atoms with Crippen molar-refractivity contribution in [3.05, 3.63) is 108 Å². The number of amidine groups is 1. The van der Waals surface area contributed by atoms with E-state index in [1.54, 1.807) is 0 Å². The van der Waals surface area contributed by atoms with Gasteiger partial charge in [0.15, 0.2) is 5.84 Å². The minimum Gasteiger partial charge on any atom is -0.261 e. The van der Waals surface area contributed by atoms with Gasteiger partial charge in [-0.25, -0.2) is 4.99 Å². The molecule has 126 valence electrons. The fourth-order valence-electron chi connectivity index (χ4n) is 2.21. The van der Waals surface area contributed by atoms with Gasteiger partial charge in [0, 0.05) is 11.3 Å². The third-order valence-electron chi connectivity index (χ3n) is 3.56. The smallest absolute Gasteiger partial charge is 0.155 e. The molecule has 0 N–H and O–H groups in total. The second-order valence-electron chi connectivity index (χ2n) is 5.61. The molecule has 0 amide bonds. The maximum absolute atomic E-state index is 4.77. The number of rotatable bonds is 6. The minimum absolute atomic E-state index is 0.518. The highest BCUT2D eigenvalue weighted by molar-refractivity contribution is 6.11. The molecule has 2 aromatic rings. The Morgan fingerprint density at radius 3 is 2.12 bits per heavy atom. The summed E-state index contributed by atoms with van der Waals surface area (Å²) in [7, 11) is 0. The Balaban J connectivity index is 2.28. The SMILES string of the molecule is C=C(/C=C\C=C/C)CN=C(N=C(C)c1ccccc1)c1ccccc1. The molecule has 2 aromatic carbocycles. The summed E-state index contributed by atoms with van der Waals surface area (Å²) >= 11 is 0. The second-order valence-corrected chi connectivity index (χ2v) is 5.61. The lowest BCUT2D eigenvalue weighted by atomic mass is 10.1. The lowest BCUT2D eigenvalue weighted by molar-refractivity contribution is 1.17. The van der Waals surface area contributed by atoms with Crippen LogP contribution in [0.25, 0.3) is 0 Å². The number of hydrogen-bond acceptors (Lipinski definition) is 1. The molecule has 0 aliphatic rings. The first-order valence-corrected chi connectivity index (χ1v) is 8.38. The summed E-state index contributed by atoms with van der Waals surface area (Å²) in [6.07, 6.45) is 7.90. The normalized spacial score (nSPS) is 12.9. The summed E-state index contributed by atoms with van der Waals surface area (Å²) in [6, 6.07) is 20.2. The maximum Gasteiger partial charge on any atom is 0.155 e. The standard InChI is InChI=1S/C23H24N2/c1-4-5-8-13-19(2)18-24-23(22-16-11-7-12-17-22)25-20(3)21-14-9-6-10-15-21/h4-17H,2,18H2,1,3H3/b5-4-,13-8-,24-23?,25-20?. The average Bonchev–Trinajstić information content (AvgIpc) is 2.66. The summed E-state index contributed by atoms with van der Waals surface area (Å²) in [6.45, 7) is 8.57. The van der Waals surface area contributed by atoms with Gasteiger partial charge in [-0.2, -0.15) is 0 Å². The largest absolute Gasteiger partial charge is 0.261 e. The molecule has 0 spiro atoms. The minimum atomic E-state index is 0.518. The van der Waals surface area contributed by atoms with Crippen LogP contribution < -0.4 is 0 Å². The number of nitrogens with zero attached hydrogens (tertiary/aromatic N) is 2. The lowest BCUT2D eigenvalue weighted by Crippen LogP contribution is -2.05. The first kappa shape index (κ1) is 18.3. The van der Waals surface area contributed by atoms with E-state index >= 15 is 0 Å². The number of allylic oxidation sites excluding steroid dienone is 3. The zero-order valence-corrected chi connectivity index (χ0v) is 14.9. The molecule has 0 saturated carbocycles. The van der Waals surface area contributed by atoms with Crippen LogP contribution in [0.2, 0.25) is 0 Å². The zero-order valence-electron chi connectivity index (χ0n) is 14.9. The maximum atomic E-state index is 4.77. The van der Waals surface area contributed by atoms with Gasteiger partial charge in [0.05, 0.1) is 6.54 Å². The highest BCUT2D eigenvalue weighted by Gasteiger charge is 2.04. The van der Waals surface area contributed by atoms with Crippen LogP contribution >= 0.6 is 0 Å². The molecule has 2 heteroatoms. The fourth-order valence-corrected chi connectivity index (χ4v) is 2.21. The molecule has 2 nitrogen and oxygen atoms in total. The summed E-state index contributed by atoms with van der Waals surface area (Å²) < 4.78 is 0. The van der Waals surface area contributed by atoms with Crippen molar-refractivity contribution < 1.29 is 0 Å². The molecule has 0 aromatic heterocycles. The van der Waals surface area contributed by atoms with Gasteiger partial charge in [-0.15, -0.1) is 0 Å². The predicted octanol–water partition coefficient (Wildman–Crippen LogP) is 5.63. The van der Waals surface area contributed by atoms with Crippen LogP contribution in [0.15, 0.2) is 107 Å². The fraction of sp³-hybridized carbons (Fsp3) is 0.130. The van der Waals surface area contributed by atoms with Crippen molar-refractivity contribution in [1.82, 2.24) is 0 Å². The van der Waals surface area contributed by atoms with E-state index in [4.69, 9.17) is 9.98 Å². The molecule has 25 heavy (non-hydrogen) atoms. The molecule has 0 saturated heterocycles. The van der Waals surface area contributed by atoms with E-state index in [0.29, 0.717) is 6.54 Å². The Bertz CT molecular complexity index is 795. The average molecular weight is 328 g/mol. The van der Waals surface area contributed by atoms with Gasteiger partial charge in [-0.1, -0.05) is 91.5 Å². The first-order valence-electron chi connectivity index (χ1n) is 8.38. The van der Waals surface area contributed by atoms with Crippen LogP contribution in [-0.4, -0.2) is 18.1 Å². The summed E-state index contributed by atoms with van der Waals surface area (Å²) in [5.41, 5.74) is 3.98. The van der Waals surface area contributed by atoms with Gasteiger partial charge < -0.3 is 0 Å². The van der Waals surface area contributed by atoms with Crippen molar-refractivity contribution in [2.75, 3.05) is 6.54 Å². The molecule has 0 atom stereocenters. The molecule has 0 aliphatic heterocycles. The first-order chi connectivity index (χ1) is 12.2. The Morgan fingerprint density at radius 1 is 0.920 bits per heavy atom. The quantitative estimate of drug-likeness (QED) is 0.373. The van der Waals surface area contributed by atoms with Crippen LogP contribution in [0.4, 0.5) is 0 Å². The topological polar surface area (TPSA) is 24.7 Å². The summed E-state index contributed by atoms with van der Waals surface area (Å²) in [5.74, 6) is 0.725. The third-order valence-corrected chi connectivity index (χ3v) is 3.56. The van der Waals surface area contributed by atoms with Crippen LogP contribution in [0.5, 0.6) is 0 Å². The molecule has 0 fully saturated rings. The van der Waals surface area contributed by atoms with E-state index in [2.05, 4.69) is 18.7 Å². The van der Waals surface area contributed by atoms with Gasteiger partial charge in [-0.3, -0.25) is 4.99 Å². The Hall–Kier alpha value is -3.00. The van der Waals surface area contributed by atoms with Gasteiger partial charge >= 0.3 is 0 Å². The Morgan fingerprint density at radius 2 is 1.52 bits per heavy atom. The van der Waals surface area contributed by atoms with E-state index in [-0.39, 0.29) is 0 Å². The van der Waals surface area contributed by atoms with Gasteiger partial charge in [-0.05, 0) is 25.0 Å². The van der Waals surface area contributed by atoms with Gasteiger partial charge in [0.1, 0.15) is 0 Å². The number of aliphatic imine (C=N–C) groups is 2. The molecular weight excluding hydrogens is 304 g/mol. The zero-order chi connectivity index (χ0) is 17.9. The molecular formula is C23H24N2. The summed E-state index contributed by atoms with van der Waals surface area (Å²) in [4.78, 5) is 9.47. The van der Waals surface area contributed by atoms with Crippen molar-refractivity contribution >= 4 is 11.5 Å². The second kappa shape index (κ2) is 9.99. The molecule has 0 bridgehead atoms. The lowest BCUT2D eigenvalue weighted by Gasteiger charge is -2.05. The third kappa shape index (κ3) is 6.19. The molecule has 0 unspecified atom stereocenters. The van der Waals surface area contributed by atoms with E-state index in [9.17, 15) is 0 Å². The van der Waals surface area contributed by atoms with Crippen molar-refractivity contribution in [3.8, 4) is 0 Å². The van der Waals surface area contributed by atoms with Crippen LogP contribution in [0.3, 0.4) is 0 Å². The van der Waals surface area contributed by atoms with Gasteiger partial charge in [0.25, 0.3) is 0 Å². The molecule has 0 radical (unpaired) electrons. The highest BCUT2D eigenvalue weighted by Crippen LogP contribution is 2.08. The van der Waals surface area contributed by atoms with Crippen LogP contribution in [-0.2, 0) is 0 Å². The Kier molecular flexibility index (Phi) is 7.33. The van der Waals surface area contributed by atoms with Crippen molar-refractivity contribution in [3.63, 3.8) is 0 Å². The van der Waals surface area contributed by atoms with Crippen molar-refractivity contribution in [2.45, 2.75) is 13.8 Å². The van der Waals surface area contributed by atoms with E-state index < -0.39 is 0 Å². The van der Waals surface area contributed by atoms with E-state index in [1.165, 1.54) is 0 Å².